The molecule has 7 heteroatoms. The maximum absolute atomic E-state index is 12.7. The minimum absolute atomic E-state index is 0.0794. The molecule has 0 radical (unpaired) electrons. The average Bonchev–Trinajstić information content (AvgIpc) is 2.70. The number of methoxy groups -OCH3 is 1. The van der Waals surface area contributed by atoms with Gasteiger partial charge in [0, 0.05) is 0 Å². The third kappa shape index (κ3) is 4.32. The van der Waals surface area contributed by atoms with Crippen LogP contribution in [0.25, 0.3) is 0 Å². The second-order valence-electron chi connectivity index (χ2n) is 5.96. The molecule has 3 rings (SSSR count). The van der Waals surface area contributed by atoms with Crippen molar-refractivity contribution in [2.45, 2.75) is 11.8 Å². The van der Waals surface area contributed by atoms with Crippen LogP contribution >= 0.6 is 0 Å². The summed E-state index contributed by atoms with van der Waals surface area (Å²) >= 11 is 0. The fourth-order valence-corrected chi connectivity index (χ4v) is 3.72. The zero-order valence-corrected chi connectivity index (χ0v) is 16.2. The summed E-state index contributed by atoms with van der Waals surface area (Å²) in [6, 6.07) is 20.0. The number of hydrogen-bond donors (Lipinski definition) is 1. The number of carbonyl (C=O) groups is 1. The predicted octanol–water partition coefficient (Wildman–Crippen LogP) is 4.37. The van der Waals surface area contributed by atoms with E-state index in [4.69, 9.17) is 9.47 Å². The van der Waals surface area contributed by atoms with E-state index in [2.05, 4.69) is 4.72 Å². The number of para-hydroxylation sites is 1. The Morgan fingerprint density at radius 3 is 2.14 bits per heavy atom. The van der Waals surface area contributed by atoms with Gasteiger partial charge in [0.1, 0.15) is 11.5 Å². The molecule has 28 heavy (non-hydrogen) atoms. The lowest BCUT2D eigenvalue weighted by molar-refractivity contribution is 0.0600. The molecule has 0 aliphatic rings. The molecule has 0 saturated heterocycles. The minimum atomic E-state index is -3.83. The van der Waals surface area contributed by atoms with E-state index in [0.29, 0.717) is 28.3 Å². The first kappa shape index (κ1) is 19.4. The minimum Gasteiger partial charge on any atom is -0.465 e. The van der Waals surface area contributed by atoms with Crippen molar-refractivity contribution in [1.82, 2.24) is 0 Å². The molecule has 0 aromatic heterocycles. The quantitative estimate of drug-likeness (QED) is 0.625. The summed E-state index contributed by atoms with van der Waals surface area (Å²) in [6.45, 7) is 1.65. The van der Waals surface area contributed by atoms with E-state index in [1.54, 1.807) is 37.3 Å². The lowest BCUT2D eigenvalue weighted by Crippen LogP contribution is -2.15. The van der Waals surface area contributed by atoms with Gasteiger partial charge in [0.25, 0.3) is 10.0 Å². The van der Waals surface area contributed by atoms with E-state index < -0.39 is 16.0 Å². The van der Waals surface area contributed by atoms with E-state index in [1.807, 2.05) is 30.3 Å². The van der Waals surface area contributed by atoms with Gasteiger partial charge in [-0.1, -0.05) is 24.3 Å². The summed E-state index contributed by atoms with van der Waals surface area (Å²) in [5, 5.41) is 0. The molecule has 0 unspecified atom stereocenters. The van der Waals surface area contributed by atoms with Crippen LogP contribution in [-0.4, -0.2) is 21.5 Å². The van der Waals surface area contributed by atoms with Crippen LogP contribution in [-0.2, 0) is 14.8 Å². The van der Waals surface area contributed by atoms with Gasteiger partial charge in [-0.2, -0.15) is 0 Å². The van der Waals surface area contributed by atoms with Crippen molar-refractivity contribution in [3.8, 4) is 11.5 Å². The van der Waals surface area contributed by atoms with Crippen molar-refractivity contribution in [3.63, 3.8) is 0 Å². The van der Waals surface area contributed by atoms with Crippen LogP contribution in [0.5, 0.6) is 11.5 Å². The molecule has 0 amide bonds. The van der Waals surface area contributed by atoms with E-state index in [1.165, 1.54) is 19.2 Å². The second kappa shape index (κ2) is 8.14. The zero-order valence-electron chi connectivity index (χ0n) is 15.4. The monoisotopic (exact) mass is 397 g/mol. The molecule has 3 aromatic carbocycles. The van der Waals surface area contributed by atoms with Crippen LogP contribution < -0.4 is 9.46 Å². The SMILES string of the molecule is COC(=O)c1cccc(NS(=O)(=O)c2ccc(Oc3ccccc3)cc2)c1C. The Morgan fingerprint density at radius 2 is 1.50 bits per heavy atom. The lowest BCUT2D eigenvalue weighted by atomic mass is 10.1. The van der Waals surface area contributed by atoms with Crippen molar-refractivity contribution >= 4 is 21.7 Å². The molecule has 0 fully saturated rings. The van der Waals surface area contributed by atoms with Crippen LogP contribution in [0.4, 0.5) is 5.69 Å². The summed E-state index contributed by atoms with van der Waals surface area (Å²) in [7, 11) is -2.56. The first-order valence-corrected chi connectivity index (χ1v) is 9.93. The number of benzene rings is 3. The smallest absolute Gasteiger partial charge is 0.338 e. The molecule has 0 bridgehead atoms. The summed E-state index contributed by atoms with van der Waals surface area (Å²) in [6.07, 6.45) is 0. The van der Waals surface area contributed by atoms with Crippen molar-refractivity contribution in [2.75, 3.05) is 11.8 Å². The average molecular weight is 397 g/mol. The first-order chi connectivity index (χ1) is 13.4. The third-order valence-electron chi connectivity index (χ3n) is 4.10. The number of sulfonamides is 1. The Labute approximate surface area is 163 Å². The predicted molar refractivity (Wildman–Crippen MR) is 106 cm³/mol. The van der Waals surface area contributed by atoms with Crippen LogP contribution in [0.2, 0.25) is 0 Å². The Hall–Kier alpha value is -3.32. The maximum atomic E-state index is 12.7. The van der Waals surface area contributed by atoms with Gasteiger partial charge >= 0.3 is 5.97 Å². The van der Waals surface area contributed by atoms with Crippen molar-refractivity contribution in [2.24, 2.45) is 0 Å². The van der Waals surface area contributed by atoms with Crippen molar-refractivity contribution < 1.29 is 22.7 Å². The number of nitrogens with one attached hydrogen (secondary N) is 1. The van der Waals surface area contributed by atoms with Gasteiger partial charge in [0.05, 0.1) is 23.3 Å². The fourth-order valence-electron chi connectivity index (χ4n) is 2.59. The molecule has 144 valence electrons. The molecule has 0 aliphatic heterocycles. The molecular weight excluding hydrogens is 378 g/mol. The zero-order chi connectivity index (χ0) is 20.1. The summed E-state index contributed by atoms with van der Waals surface area (Å²) in [5.41, 5.74) is 1.10. The van der Waals surface area contributed by atoms with Gasteiger partial charge in [-0.25, -0.2) is 13.2 Å². The van der Waals surface area contributed by atoms with E-state index in [0.717, 1.165) is 0 Å². The molecule has 0 aliphatic carbocycles. The Kier molecular flexibility index (Phi) is 5.65. The van der Waals surface area contributed by atoms with Gasteiger partial charge in [-0.15, -0.1) is 0 Å². The summed E-state index contributed by atoms with van der Waals surface area (Å²) in [4.78, 5) is 11.9. The highest BCUT2D eigenvalue weighted by Gasteiger charge is 2.18. The van der Waals surface area contributed by atoms with Gasteiger partial charge < -0.3 is 9.47 Å². The van der Waals surface area contributed by atoms with E-state index >= 15 is 0 Å². The third-order valence-corrected chi connectivity index (χ3v) is 5.48. The highest BCUT2D eigenvalue weighted by molar-refractivity contribution is 7.92. The van der Waals surface area contributed by atoms with Crippen LogP contribution in [0, 0.1) is 6.92 Å². The fraction of sp³-hybridized carbons (Fsp3) is 0.0952. The Balaban J connectivity index is 1.81. The lowest BCUT2D eigenvalue weighted by Gasteiger charge is -2.13. The number of esters is 1. The highest BCUT2D eigenvalue weighted by atomic mass is 32.2. The summed E-state index contributed by atoms with van der Waals surface area (Å²) < 4.78 is 38.3. The topological polar surface area (TPSA) is 81.7 Å². The number of hydrogen-bond acceptors (Lipinski definition) is 5. The molecule has 0 heterocycles. The van der Waals surface area contributed by atoms with Crippen molar-refractivity contribution in [3.05, 3.63) is 83.9 Å². The summed E-state index contributed by atoms with van der Waals surface area (Å²) in [5.74, 6) is 0.654. The molecule has 0 saturated carbocycles. The van der Waals surface area contributed by atoms with E-state index in [9.17, 15) is 13.2 Å². The normalized spacial score (nSPS) is 10.9. The molecule has 3 aromatic rings. The van der Waals surface area contributed by atoms with Gasteiger partial charge in [0.15, 0.2) is 0 Å². The molecule has 6 nitrogen and oxygen atoms in total. The molecule has 1 N–H and O–H groups in total. The highest BCUT2D eigenvalue weighted by Crippen LogP contribution is 2.26. The van der Waals surface area contributed by atoms with Crippen LogP contribution in [0.3, 0.4) is 0 Å². The van der Waals surface area contributed by atoms with Gasteiger partial charge in [-0.3, -0.25) is 4.72 Å². The maximum Gasteiger partial charge on any atom is 0.338 e. The van der Waals surface area contributed by atoms with Gasteiger partial charge in [-0.05, 0) is 61.0 Å². The van der Waals surface area contributed by atoms with Crippen LogP contribution in [0.1, 0.15) is 15.9 Å². The van der Waals surface area contributed by atoms with Gasteiger partial charge in [0.2, 0.25) is 0 Å². The standard InChI is InChI=1S/C21H19NO5S/c1-15-19(21(23)26-2)9-6-10-20(15)22-28(24,25)18-13-11-17(12-14-18)27-16-7-4-3-5-8-16/h3-14,22H,1-2H3. The molecule has 0 atom stereocenters. The Bertz CT molecular complexity index is 1080. The number of anilines is 1. The number of rotatable bonds is 6. The number of carbonyl (C=O) groups excluding carboxylic acids is 1. The van der Waals surface area contributed by atoms with Crippen LogP contribution in [0.15, 0.2) is 77.7 Å². The van der Waals surface area contributed by atoms with E-state index in [-0.39, 0.29) is 4.90 Å². The largest absolute Gasteiger partial charge is 0.465 e. The first-order valence-electron chi connectivity index (χ1n) is 8.44. The second-order valence-corrected chi connectivity index (χ2v) is 7.64. The number of ether oxygens (including phenoxy) is 2. The van der Waals surface area contributed by atoms with Crippen molar-refractivity contribution in [1.29, 1.82) is 0 Å². The molecular formula is C21H19NO5S. The Morgan fingerprint density at radius 1 is 0.857 bits per heavy atom. The molecule has 0 spiro atoms.